The summed E-state index contributed by atoms with van der Waals surface area (Å²) in [5, 5.41) is 25.2. The van der Waals surface area contributed by atoms with Crippen LogP contribution in [0.25, 0.3) is 0 Å². The maximum absolute atomic E-state index is 10.6. The SMILES string of the molecule is CCCn1ncnc1CC(O)C1(O)CCCCCC1. The summed E-state index contributed by atoms with van der Waals surface area (Å²) in [6, 6.07) is 0. The van der Waals surface area contributed by atoms with Crippen molar-refractivity contribution >= 4 is 0 Å². The third kappa shape index (κ3) is 3.54. The third-order valence-corrected chi connectivity index (χ3v) is 4.10. The van der Waals surface area contributed by atoms with Gasteiger partial charge in [0.25, 0.3) is 0 Å². The lowest BCUT2D eigenvalue weighted by atomic mass is 9.86. The molecule has 108 valence electrons. The van der Waals surface area contributed by atoms with E-state index in [0.29, 0.717) is 19.3 Å². The second-order valence-corrected chi connectivity index (χ2v) is 5.64. The number of aliphatic hydroxyl groups is 2. The minimum absolute atomic E-state index is 0.385. The molecule has 0 amide bonds. The molecule has 19 heavy (non-hydrogen) atoms. The molecule has 1 aliphatic carbocycles. The fourth-order valence-corrected chi connectivity index (χ4v) is 2.88. The van der Waals surface area contributed by atoms with E-state index in [0.717, 1.165) is 44.5 Å². The number of aromatic nitrogens is 3. The Morgan fingerprint density at radius 2 is 2.00 bits per heavy atom. The molecular formula is C14H25N3O2. The number of nitrogens with zero attached hydrogens (tertiary/aromatic N) is 3. The van der Waals surface area contributed by atoms with Gasteiger partial charge in [0, 0.05) is 13.0 Å². The molecule has 1 aliphatic rings. The lowest BCUT2D eigenvalue weighted by Gasteiger charge is -2.31. The molecule has 0 saturated heterocycles. The molecule has 2 rings (SSSR count). The predicted octanol–water partition coefficient (Wildman–Crippen LogP) is 1.68. The average molecular weight is 267 g/mol. The molecule has 0 radical (unpaired) electrons. The third-order valence-electron chi connectivity index (χ3n) is 4.10. The Bertz CT molecular complexity index is 384. The number of aryl methyl sites for hydroxylation is 1. The Hall–Kier alpha value is -0.940. The molecule has 1 fully saturated rings. The minimum atomic E-state index is -0.945. The average Bonchev–Trinajstić information content (AvgIpc) is 2.69. The van der Waals surface area contributed by atoms with Gasteiger partial charge in [0.2, 0.25) is 0 Å². The summed E-state index contributed by atoms with van der Waals surface area (Å²) in [5.74, 6) is 0.770. The topological polar surface area (TPSA) is 71.2 Å². The van der Waals surface area contributed by atoms with Gasteiger partial charge < -0.3 is 10.2 Å². The fraction of sp³-hybridized carbons (Fsp3) is 0.857. The second-order valence-electron chi connectivity index (χ2n) is 5.64. The zero-order valence-corrected chi connectivity index (χ0v) is 11.8. The van der Waals surface area contributed by atoms with Crippen molar-refractivity contribution in [3.05, 3.63) is 12.2 Å². The van der Waals surface area contributed by atoms with Gasteiger partial charge in [-0.3, -0.25) is 4.68 Å². The van der Waals surface area contributed by atoms with E-state index in [4.69, 9.17) is 0 Å². The van der Waals surface area contributed by atoms with Gasteiger partial charge >= 0.3 is 0 Å². The van der Waals surface area contributed by atoms with Crippen LogP contribution in [0.15, 0.2) is 6.33 Å². The van der Waals surface area contributed by atoms with Gasteiger partial charge in [-0.2, -0.15) is 5.10 Å². The van der Waals surface area contributed by atoms with Gasteiger partial charge in [0.05, 0.1) is 11.7 Å². The van der Waals surface area contributed by atoms with Crippen molar-refractivity contribution in [3.8, 4) is 0 Å². The zero-order valence-electron chi connectivity index (χ0n) is 11.8. The van der Waals surface area contributed by atoms with E-state index in [2.05, 4.69) is 17.0 Å². The molecule has 0 aromatic carbocycles. The van der Waals surface area contributed by atoms with E-state index in [1.54, 1.807) is 0 Å². The quantitative estimate of drug-likeness (QED) is 0.796. The second kappa shape index (κ2) is 6.48. The van der Waals surface area contributed by atoms with Gasteiger partial charge in [-0.15, -0.1) is 0 Å². The molecule has 5 nitrogen and oxygen atoms in total. The molecule has 1 atom stereocenters. The standard InChI is InChI=1S/C14H25N3O2/c1-2-9-17-13(15-11-16-17)10-12(18)14(19)7-5-3-4-6-8-14/h11-12,18-19H,2-10H2,1H3. The summed E-state index contributed by atoms with van der Waals surface area (Å²) < 4.78 is 1.82. The van der Waals surface area contributed by atoms with Crippen LogP contribution in [0.1, 0.15) is 57.7 Å². The van der Waals surface area contributed by atoms with Gasteiger partial charge in [-0.05, 0) is 19.3 Å². The van der Waals surface area contributed by atoms with Crippen LogP contribution < -0.4 is 0 Å². The molecular weight excluding hydrogens is 242 g/mol. The monoisotopic (exact) mass is 267 g/mol. The normalized spacial score (nSPS) is 21.0. The Labute approximate surface area is 114 Å². The highest BCUT2D eigenvalue weighted by atomic mass is 16.3. The first-order valence-electron chi connectivity index (χ1n) is 7.43. The lowest BCUT2D eigenvalue weighted by Crippen LogP contribution is -2.43. The summed E-state index contributed by atoms with van der Waals surface area (Å²) in [6.45, 7) is 2.89. The molecule has 1 aromatic rings. The van der Waals surface area contributed by atoms with Crippen molar-refractivity contribution in [1.29, 1.82) is 0 Å². The highest BCUT2D eigenvalue weighted by Crippen LogP contribution is 2.31. The summed E-state index contributed by atoms with van der Waals surface area (Å²) in [4.78, 5) is 4.20. The maximum atomic E-state index is 10.6. The number of hydrogen-bond acceptors (Lipinski definition) is 4. The zero-order chi connectivity index (χ0) is 13.7. The highest BCUT2D eigenvalue weighted by molar-refractivity contribution is 4.96. The Morgan fingerprint density at radius 1 is 1.32 bits per heavy atom. The molecule has 1 aromatic heterocycles. The van der Waals surface area contributed by atoms with E-state index in [9.17, 15) is 10.2 Å². The Balaban J connectivity index is 2.02. The van der Waals surface area contributed by atoms with Crippen molar-refractivity contribution in [2.75, 3.05) is 0 Å². The first kappa shape index (κ1) is 14.5. The van der Waals surface area contributed by atoms with E-state index < -0.39 is 11.7 Å². The minimum Gasteiger partial charge on any atom is -0.390 e. The van der Waals surface area contributed by atoms with Crippen LogP contribution >= 0.6 is 0 Å². The highest BCUT2D eigenvalue weighted by Gasteiger charge is 2.36. The van der Waals surface area contributed by atoms with E-state index in [1.807, 2.05) is 4.68 Å². The first-order chi connectivity index (χ1) is 9.15. The van der Waals surface area contributed by atoms with Crippen LogP contribution in [-0.4, -0.2) is 36.7 Å². The summed E-state index contributed by atoms with van der Waals surface area (Å²) >= 11 is 0. The van der Waals surface area contributed by atoms with Crippen molar-refractivity contribution in [3.63, 3.8) is 0 Å². The molecule has 2 N–H and O–H groups in total. The first-order valence-corrected chi connectivity index (χ1v) is 7.43. The van der Waals surface area contributed by atoms with E-state index >= 15 is 0 Å². The van der Waals surface area contributed by atoms with Gasteiger partial charge in [0.1, 0.15) is 12.2 Å². The summed E-state index contributed by atoms with van der Waals surface area (Å²) in [6.07, 6.45) is 7.83. The van der Waals surface area contributed by atoms with Crippen LogP contribution in [0.3, 0.4) is 0 Å². The summed E-state index contributed by atoms with van der Waals surface area (Å²) in [5.41, 5.74) is -0.945. The number of rotatable bonds is 5. The van der Waals surface area contributed by atoms with E-state index in [-0.39, 0.29) is 0 Å². The molecule has 1 heterocycles. The van der Waals surface area contributed by atoms with Crippen LogP contribution in [0.2, 0.25) is 0 Å². The number of hydrogen-bond donors (Lipinski definition) is 2. The predicted molar refractivity (Wildman–Crippen MR) is 72.7 cm³/mol. The van der Waals surface area contributed by atoms with Crippen molar-refractivity contribution in [1.82, 2.24) is 14.8 Å². The van der Waals surface area contributed by atoms with Gasteiger partial charge in [-0.25, -0.2) is 4.98 Å². The van der Waals surface area contributed by atoms with Gasteiger partial charge in [0.15, 0.2) is 0 Å². The fourth-order valence-electron chi connectivity index (χ4n) is 2.88. The molecule has 0 aliphatic heterocycles. The molecule has 1 unspecified atom stereocenters. The van der Waals surface area contributed by atoms with Crippen LogP contribution in [0.4, 0.5) is 0 Å². The smallest absolute Gasteiger partial charge is 0.138 e. The summed E-state index contributed by atoms with van der Waals surface area (Å²) in [7, 11) is 0. The molecule has 1 saturated carbocycles. The van der Waals surface area contributed by atoms with E-state index in [1.165, 1.54) is 6.33 Å². The van der Waals surface area contributed by atoms with Gasteiger partial charge in [-0.1, -0.05) is 32.6 Å². The van der Waals surface area contributed by atoms with Crippen molar-refractivity contribution in [2.24, 2.45) is 0 Å². The van der Waals surface area contributed by atoms with Crippen LogP contribution in [-0.2, 0) is 13.0 Å². The Kier molecular flexibility index (Phi) is 4.93. The van der Waals surface area contributed by atoms with Crippen molar-refractivity contribution in [2.45, 2.75) is 76.5 Å². The maximum Gasteiger partial charge on any atom is 0.138 e. The number of aliphatic hydroxyl groups excluding tert-OH is 1. The van der Waals surface area contributed by atoms with Crippen LogP contribution in [0, 0.1) is 0 Å². The molecule has 0 spiro atoms. The molecule has 5 heteroatoms. The van der Waals surface area contributed by atoms with Crippen LogP contribution in [0.5, 0.6) is 0 Å². The lowest BCUT2D eigenvalue weighted by molar-refractivity contribution is -0.0846. The molecule has 0 bridgehead atoms. The van der Waals surface area contributed by atoms with Crippen molar-refractivity contribution < 1.29 is 10.2 Å². The largest absolute Gasteiger partial charge is 0.390 e. The Morgan fingerprint density at radius 3 is 2.63 bits per heavy atom.